The average molecular weight is 499 g/mol. The molecule has 0 radical (unpaired) electrons. The Kier molecular flexibility index (Phi) is 7.46. The Morgan fingerprint density at radius 2 is 1.62 bits per heavy atom. The number of halogens is 3. The number of aryl methyl sites for hydroxylation is 1. The molecule has 0 spiro atoms. The molecule has 1 aliphatic rings. The fraction of sp³-hybridized carbons (Fsp3) is 0.240. The van der Waals surface area contributed by atoms with Gasteiger partial charge in [-0.05, 0) is 36.8 Å². The first-order valence-electron chi connectivity index (χ1n) is 10.9. The number of aromatic nitrogens is 4. The van der Waals surface area contributed by atoms with Crippen molar-refractivity contribution in [2.24, 2.45) is 0 Å². The molecule has 176 valence electrons. The molecule has 6 nitrogen and oxygen atoms in total. The second kappa shape index (κ2) is 10.5. The Morgan fingerprint density at radius 3 is 2.26 bits per heavy atom. The highest BCUT2D eigenvalue weighted by molar-refractivity contribution is 6.30. The summed E-state index contributed by atoms with van der Waals surface area (Å²) in [5.41, 5.74) is 4.79. The summed E-state index contributed by atoms with van der Waals surface area (Å²) in [5, 5.41) is 7.77. The van der Waals surface area contributed by atoms with E-state index >= 15 is 0 Å². The van der Waals surface area contributed by atoms with E-state index < -0.39 is 0 Å². The summed E-state index contributed by atoms with van der Waals surface area (Å²) in [5.74, 6) is 0.551. The van der Waals surface area contributed by atoms with Crippen LogP contribution in [0.5, 0.6) is 0 Å². The maximum atomic E-state index is 13.4. The molecule has 9 heteroatoms. The van der Waals surface area contributed by atoms with Gasteiger partial charge in [-0.25, -0.2) is 9.37 Å². The fourth-order valence-electron chi connectivity index (χ4n) is 4.49. The highest BCUT2D eigenvalue weighted by Gasteiger charge is 2.31. The first-order valence-corrected chi connectivity index (χ1v) is 11.3. The molecular weight excluding hydrogens is 474 g/mol. The Morgan fingerprint density at radius 1 is 0.941 bits per heavy atom. The molecule has 0 amide bonds. The van der Waals surface area contributed by atoms with Gasteiger partial charge in [0.1, 0.15) is 11.5 Å². The Hall–Kier alpha value is -3.00. The minimum Gasteiger partial charge on any atom is -0.352 e. The maximum absolute atomic E-state index is 13.4. The van der Waals surface area contributed by atoms with E-state index in [1.165, 1.54) is 17.7 Å². The van der Waals surface area contributed by atoms with Crippen molar-refractivity contribution in [3.63, 3.8) is 0 Å². The molecule has 2 aromatic heterocycles. The van der Waals surface area contributed by atoms with Crippen molar-refractivity contribution in [2.45, 2.75) is 13.0 Å². The molecule has 5 rings (SSSR count). The van der Waals surface area contributed by atoms with Gasteiger partial charge in [0.25, 0.3) is 0 Å². The van der Waals surface area contributed by atoms with Crippen LogP contribution < -0.4 is 4.90 Å². The van der Waals surface area contributed by atoms with Gasteiger partial charge in [-0.15, -0.1) is 12.4 Å². The molecule has 1 saturated heterocycles. The monoisotopic (exact) mass is 498 g/mol. The van der Waals surface area contributed by atoms with Gasteiger partial charge in [0.2, 0.25) is 0 Å². The number of benzene rings is 2. The second-order valence-corrected chi connectivity index (χ2v) is 8.48. The molecule has 2 aromatic carbocycles. The molecule has 4 aromatic rings. The molecule has 1 N–H and O–H groups in total. The zero-order valence-corrected chi connectivity index (χ0v) is 20.2. The SMILES string of the molecule is Cc1[nH]nc(Cl)c1C(c1ccccc1)N1CCN(c2nccnc2-c2ccc(F)cc2)CC1.Cl. The number of H-pyrrole nitrogens is 1. The lowest BCUT2D eigenvalue weighted by atomic mass is 9.97. The lowest BCUT2D eigenvalue weighted by Crippen LogP contribution is -2.48. The van der Waals surface area contributed by atoms with E-state index in [2.05, 4.69) is 54.2 Å². The van der Waals surface area contributed by atoms with Crippen LogP contribution >= 0.6 is 24.0 Å². The summed E-state index contributed by atoms with van der Waals surface area (Å²) >= 11 is 6.51. The van der Waals surface area contributed by atoms with Crippen LogP contribution in [0.3, 0.4) is 0 Å². The van der Waals surface area contributed by atoms with E-state index in [9.17, 15) is 4.39 Å². The number of hydrogen-bond donors (Lipinski definition) is 1. The first kappa shape index (κ1) is 24.1. The molecule has 1 fully saturated rings. The van der Waals surface area contributed by atoms with Gasteiger partial charge in [0.15, 0.2) is 11.0 Å². The molecule has 1 aliphatic heterocycles. The average Bonchev–Trinajstić information content (AvgIpc) is 3.19. The number of nitrogens with zero attached hydrogens (tertiary/aromatic N) is 5. The van der Waals surface area contributed by atoms with Crippen molar-refractivity contribution in [1.29, 1.82) is 0 Å². The normalized spacial score (nSPS) is 15.1. The minimum absolute atomic E-state index is 0. The van der Waals surface area contributed by atoms with Crippen LogP contribution in [0.15, 0.2) is 67.0 Å². The predicted octanol–water partition coefficient (Wildman–Crippen LogP) is 5.30. The maximum Gasteiger partial charge on any atom is 0.156 e. The molecule has 0 aliphatic carbocycles. The first-order chi connectivity index (χ1) is 16.1. The van der Waals surface area contributed by atoms with Gasteiger partial charge in [-0.1, -0.05) is 41.9 Å². The van der Waals surface area contributed by atoms with Crippen molar-refractivity contribution < 1.29 is 4.39 Å². The lowest BCUT2D eigenvalue weighted by Gasteiger charge is -2.40. The number of rotatable bonds is 5. The molecular formula is C25H25Cl2FN6. The minimum atomic E-state index is -0.266. The molecule has 1 atom stereocenters. The van der Waals surface area contributed by atoms with Gasteiger partial charge in [0.05, 0.1) is 6.04 Å². The van der Waals surface area contributed by atoms with Crippen molar-refractivity contribution >= 4 is 29.8 Å². The Balaban J connectivity index is 0.00000274. The highest BCUT2D eigenvalue weighted by atomic mass is 35.5. The predicted molar refractivity (Wildman–Crippen MR) is 135 cm³/mol. The van der Waals surface area contributed by atoms with Crippen LogP contribution in [0.25, 0.3) is 11.3 Å². The van der Waals surface area contributed by atoms with E-state index in [1.807, 2.05) is 13.0 Å². The third-order valence-electron chi connectivity index (χ3n) is 6.11. The summed E-state index contributed by atoms with van der Waals surface area (Å²) in [7, 11) is 0. The zero-order valence-electron chi connectivity index (χ0n) is 18.7. The molecule has 0 saturated carbocycles. The van der Waals surface area contributed by atoms with Crippen LogP contribution in [0.2, 0.25) is 5.15 Å². The summed E-state index contributed by atoms with van der Waals surface area (Å²) in [6.45, 7) is 5.21. The van der Waals surface area contributed by atoms with Gasteiger partial charge >= 0.3 is 0 Å². The van der Waals surface area contributed by atoms with Crippen LogP contribution in [0.1, 0.15) is 22.9 Å². The summed E-state index contributed by atoms with van der Waals surface area (Å²) in [6.07, 6.45) is 3.38. The van der Waals surface area contributed by atoms with Crippen LogP contribution in [0, 0.1) is 12.7 Å². The van der Waals surface area contributed by atoms with E-state index in [0.29, 0.717) is 5.15 Å². The number of piperazine rings is 1. The molecule has 34 heavy (non-hydrogen) atoms. The topological polar surface area (TPSA) is 60.9 Å². The third kappa shape index (κ3) is 4.78. The summed E-state index contributed by atoms with van der Waals surface area (Å²) in [6, 6.07) is 16.8. The number of anilines is 1. The Labute approximate surface area is 209 Å². The van der Waals surface area contributed by atoms with Crippen molar-refractivity contribution in [1.82, 2.24) is 25.1 Å². The number of nitrogens with one attached hydrogen (secondary N) is 1. The van der Waals surface area contributed by atoms with E-state index in [1.54, 1.807) is 24.5 Å². The molecule has 1 unspecified atom stereocenters. The zero-order chi connectivity index (χ0) is 22.8. The summed E-state index contributed by atoms with van der Waals surface area (Å²) in [4.78, 5) is 13.8. The number of hydrogen-bond acceptors (Lipinski definition) is 5. The van der Waals surface area contributed by atoms with Crippen molar-refractivity contribution in [3.05, 3.63) is 94.8 Å². The van der Waals surface area contributed by atoms with Crippen LogP contribution in [0.4, 0.5) is 10.2 Å². The van der Waals surface area contributed by atoms with Gasteiger partial charge in [-0.3, -0.25) is 15.0 Å². The van der Waals surface area contributed by atoms with Gasteiger partial charge in [-0.2, -0.15) is 5.10 Å². The molecule has 0 bridgehead atoms. The third-order valence-corrected chi connectivity index (χ3v) is 6.40. The fourth-order valence-corrected chi connectivity index (χ4v) is 4.77. The van der Waals surface area contributed by atoms with Crippen molar-refractivity contribution in [2.75, 3.05) is 31.1 Å². The molecule has 3 heterocycles. The van der Waals surface area contributed by atoms with E-state index in [4.69, 9.17) is 11.6 Å². The van der Waals surface area contributed by atoms with Crippen LogP contribution in [-0.4, -0.2) is 51.2 Å². The Bertz CT molecular complexity index is 1200. The van der Waals surface area contributed by atoms with E-state index in [-0.39, 0.29) is 24.3 Å². The number of aromatic amines is 1. The standard InChI is InChI=1S/C25H24ClFN6.ClH/c1-17-21(24(26)31-30-17)23(19-5-3-2-4-6-19)32-13-15-33(16-14-32)25-22(28-11-12-29-25)18-7-9-20(27)10-8-18;/h2-12,23H,13-16H2,1H3,(H,30,31);1H. The van der Waals surface area contributed by atoms with E-state index in [0.717, 1.165) is 54.5 Å². The summed E-state index contributed by atoms with van der Waals surface area (Å²) < 4.78 is 13.4. The smallest absolute Gasteiger partial charge is 0.156 e. The quantitative estimate of drug-likeness (QED) is 0.404. The lowest BCUT2D eigenvalue weighted by molar-refractivity contribution is 0.211. The second-order valence-electron chi connectivity index (χ2n) is 8.12. The highest BCUT2D eigenvalue weighted by Crippen LogP contribution is 2.36. The van der Waals surface area contributed by atoms with Gasteiger partial charge in [0, 0.05) is 55.4 Å². The largest absolute Gasteiger partial charge is 0.352 e. The van der Waals surface area contributed by atoms with Crippen molar-refractivity contribution in [3.8, 4) is 11.3 Å². The van der Waals surface area contributed by atoms with Crippen LogP contribution in [-0.2, 0) is 0 Å². The van der Waals surface area contributed by atoms with Gasteiger partial charge < -0.3 is 4.90 Å².